The maximum absolute atomic E-state index is 12.6. The second-order valence-electron chi connectivity index (χ2n) is 5.61. The maximum atomic E-state index is 12.6. The zero-order chi connectivity index (χ0) is 16.1. The van der Waals surface area contributed by atoms with E-state index in [1.54, 1.807) is 24.3 Å². The zero-order valence-corrected chi connectivity index (χ0v) is 13.2. The van der Waals surface area contributed by atoms with E-state index in [1.807, 2.05) is 50.2 Å². The maximum Gasteiger partial charge on any atom is 0.242 e. The molecule has 4 nitrogen and oxygen atoms in total. The molecule has 22 heavy (non-hydrogen) atoms. The lowest BCUT2D eigenvalue weighted by Crippen LogP contribution is -2.37. The summed E-state index contributed by atoms with van der Waals surface area (Å²) < 4.78 is 0. The molecule has 0 fully saturated rings. The minimum atomic E-state index is -0.321. The van der Waals surface area contributed by atoms with Crippen LogP contribution in [0, 0.1) is 6.92 Å². The van der Waals surface area contributed by atoms with Crippen LogP contribution in [0.15, 0.2) is 48.5 Å². The average Bonchev–Trinajstić information content (AvgIpc) is 2.48. The Balaban J connectivity index is 2.11. The van der Waals surface area contributed by atoms with Gasteiger partial charge in [0.2, 0.25) is 5.91 Å². The number of nitrogens with zero attached hydrogens (tertiary/aromatic N) is 1. The molecule has 1 amide bonds. The average molecular weight is 298 g/mol. The lowest BCUT2D eigenvalue weighted by Gasteiger charge is -2.25. The number of phenolic OH excluding ortho intramolecular Hbond substituents is 1. The van der Waals surface area contributed by atoms with Gasteiger partial charge in [-0.1, -0.05) is 36.4 Å². The Morgan fingerprint density at radius 2 is 1.77 bits per heavy atom. The van der Waals surface area contributed by atoms with Gasteiger partial charge in [-0.25, -0.2) is 0 Å². The lowest BCUT2D eigenvalue weighted by atomic mass is 10.00. The third kappa shape index (κ3) is 3.86. The molecular formula is C18H22N2O2. The van der Waals surface area contributed by atoms with Crippen LogP contribution in [0.25, 0.3) is 0 Å². The molecule has 2 rings (SSSR count). The van der Waals surface area contributed by atoms with Gasteiger partial charge in [-0.05, 0) is 49.8 Å². The molecule has 0 heterocycles. The first-order valence-electron chi connectivity index (χ1n) is 7.26. The van der Waals surface area contributed by atoms with E-state index in [9.17, 15) is 9.90 Å². The Morgan fingerprint density at radius 1 is 1.14 bits per heavy atom. The molecule has 0 aliphatic heterocycles. The Labute approximate surface area is 131 Å². The summed E-state index contributed by atoms with van der Waals surface area (Å²) in [6.45, 7) is 2.45. The highest BCUT2D eigenvalue weighted by molar-refractivity contribution is 5.83. The van der Waals surface area contributed by atoms with Gasteiger partial charge in [-0.3, -0.25) is 9.69 Å². The van der Waals surface area contributed by atoms with Crippen molar-refractivity contribution < 1.29 is 9.90 Å². The summed E-state index contributed by atoms with van der Waals surface area (Å²) >= 11 is 0. The predicted molar refractivity (Wildman–Crippen MR) is 87.6 cm³/mol. The highest BCUT2D eigenvalue weighted by Gasteiger charge is 2.23. The topological polar surface area (TPSA) is 52.6 Å². The van der Waals surface area contributed by atoms with E-state index in [4.69, 9.17) is 0 Å². The molecule has 0 aromatic heterocycles. The van der Waals surface area contributed by atoms with Crippen molar-refractivity contribution in [2.75, 3.05) is 14.1 Å². The van der Waals surface area contributed by atoms with Crippen LogP contribution >= 0.6 is 0 Å². The van der Waals surface area contributed by atoms with Crippen molar-refractivity contribution >= 4 is 5.91 Å². The minimum absolute atomic E-state index is 0.0348. The third-order valence-electron chi connectivity index (χ3n) is 3.65. The van der Waals surface area contributed by atoms with Gasteiger partial charge in [0, 0.05) is 6.54 Å². The van der Waals surface area contributed by atoms with Crippen LogP contribution in [0.3, 0.4) is 0 Å². The summed E-state index contributed by atoms with van der Waals surface area (Å²) in [7, 11) is 3.80. The third-order valence-corrected chi connectivity index (χ3v) is 3.65. The van der Waals surface area contributed by atoms with Gasteiger partial charge < -0.3 is 10.4 Å². The molecule has 2 N–H and O–H groups in total. The van der Waals surface area contributed by atoms with Gasteiger partial charge in [0.25, 0.3) is 0 Å². The number of likely N-dealkylation sites (N-methyl/N-ethyl adjacent to an activating group) is 1. The van der Waals surface area contributed by atoms with Gasteiger partial charge in [0.15, 0.2) is 0 Å². The molecule has 0 unspecified atom stereocenters. The van der Waals surface area contributed by atoms with E-state index in [-0.39, 0.29) is 17.7 Å². The summed E-state index contributed by atoms with van der Waals surface area (Å²) in [5.41, 5.74) is 3.06. The number of benzene rings is 2. The molecule has 4 heteroatoms. The summed E-state index contributed by atoms with van der Waals surface area (Å²) in [5.74, 6) is 0.188. The second kappa shape index (κ2) is 7.09. The largest absolute Gasteiger partial charge is 0.508 e. The van der Waals surface area contributed by atoms with Crippen molar-refractivity contribution in [2.45, 2.75) is 19.5 Å². The number of nitrogens with one attached hydrogen (secondary N) is 1. The van der Waals surface area contributed by atoms with Crippen LogP contribution in [0.1, 0.15) is 22.7 Å². The molecule has 0 bridgehead atoms. The molecule has 0 radical (unpaired) electrons. The van der Waals surface area contributed by atoms with Gasteiger partial charge in [-0.15, -0.1) is 0 Å². The molecule has 0 aliphatic rings. The lowest BCUT2D eigenvalue weighted by molar-refractivity contribution is -0.126. The molecule has 0 spiro atoms. The first-order chi connectivity index (χ1) is 10.5. The van der Waals surface area contributed by atoms with Crippen LogP contribution < -0.4 is 5.32 Å². The molecule has 0 saturated carbocycles. The standard InChI is InChI=1S/C18H22N2O2/c1-13-6-4-5-7-16(13)17(20(2)3)18(22)19-12-14-8-10-15(21)11-9-14/h4-11,17,21H,12H2,1-3H3,(H,19,22)/t17-/m1/s1. The molecule has 116 valence electrons. The first-order valence-corrected chi connectivity index (χ1v) is 7.26. The van der Waals surface area contributed by atoms with Crippen LogP contribution in [0.2, 0.25) is 0 Å². The number of rotatable bonds is 5. The van der Waals surface area contributed by atoms with Crippen LogP contribution in [-0.2, 0) is 11.3 Å². The number of aromatic hydroxyl groups is 1. The van der Waals surface area contributed by atoms with Crippen molar-refractivity contribution in [1.82, 2.24) is 10.2 Å². The summed E-state index contributed by atoms with van der Waals surface area (Å²) in [6.07, 6.45) is 0. The van der Waals surface area contributed by atoms with E-state index in [2.05, 4.69) is 5.32 Å². The van der Waals surface area contributed by atoms with Crippen molar-refractivity contribution in [3.63, 3.8) is 0 Å². The van der Waals surface area contributed by atoms with E-state index < -0.39 is 0 Å². The number of carbonyl (C=O) groups excluding carboxylic acids is 1. The van der Waals surface area contributed by atoms with Gasteiger partial charge >= 0.3 is 0 Å². The number of aryl methyl sites for hydroxylation is 1. The number of hydrogen-bond acceptors (Lipinski definition) is 3. The minimum Gasteiger partial charge on any atom is -0.508 e. The smallest absolute Gasteiger partial charge is 0.242 e. The second-order valence-corrected chi connectivity index (χ2v) is 5.61. The molecular weight excluding hydrogens is 276 g/mol. The number of hydrogen-bond donors (Lipinski definition) is 2. The Bertz CT molecular complexity index is 636. The van der Waals surface area contributed by atoms with Gasteiger partial charge in [0.1, 0.15) is 11.8 Å². The van der Waals surface area contributed by atoms with Crippen molar-refractivity contribution in [3.8, 4) is 5.75 Å². The summed E-state index contributed by atoms with van der Waals surface area (Å²) in [6, 6.07) is 14.4. The number of amides is 1. The molecule has 0 aliphatic carbocycles. The van der Waals surface area contributed by atoms with Gasteiger partial charge in [0.05, 0.1) is 0 Å². The fourth-order valence-corrected chi connectivity index (χ4v) is 2.45. The van der Waals surface area contributed by atoms with Gasteiger partial charge in [-0.2, -0.15) is 0 Å². The normalized spacial score (nSPS) is 12.2. The van der Waals surface area contributed by atoms with E-state index >= 15 is 0 Å². The Kier molecular flexibility index (Phi) is 5.17. The molecule has 2 aromatic carbocycles. The van der Waals surface area contributed by atoms with Crippen LogP contribution in [-0.4, -0.2) is 30.0 Å². The highest BCUT2D eigenvalue weighted by atomic mass is 16.3. The Hall–Kier alpha value is -2.33. The van der Waals surface area contributed by atoms with Crippen LogP contribution in [0.5, 0.6) is 5.75 Å². The van der Waals surface area contributed by atoms with E-state index in [0.717, 1.165) is 16.7 Å². The van der Waals surface area contributed by atoms with Crippen molar-refractivity contribution in [1.29, 1.82) is 0 Å². The van der Waals surface area contributed by atoms with E-state index in [0.29, 0.717) is 6.54 Å². The fourth-order valence-electron chi connectivity index (χ4n) is 2.45. The highest BCUT2D eigenvalue weighted by Crippen LogP contribution is 2.22. The molecule has 2 aromatic rings. The van der Waals surface area contributed by atoms with Crippen molar-refractivity contribution in [2.24, 2.45) is 0 Å². The predicted octanol–water partition coefficient (Wildman–Crippen LogP) is 2.62. The van der Waals surface area contributed by atoms with Crippen molar-refractivity contribution in [3.05, 3.63) is 65.2 Å². The number of phenols is 1. The molecule has 0 saturated heterocycles. The zero-order valence-electron chi connectivity index (χ0n) is 13.2. The fraction of sp³-hybridized carbons (Fsp3) is 0.278. The van der Waals surface area contributed by atoms with Crippen LogP contribution in [0.4, 0.5) is 0 Å². The van der Waals surface area contributed by atoms with E-state index in [1.165, 1.54) is 0 Å². The summed E-state index contributed by atoms with van der Waals surface area (Å²) in [5, 5.41) is 12.2. The Morgan fingerprint density at radius 3 is 2.36 bits per heavy atom. The first kappa shape index (κ1) is 16.0. The quantitative estimate of drug-likeness (QED) is 0.892. The monoisotopic (exact) mass is 298 g/mol. The molecule has 1 atom stereocenters. The summed E-state index contributed by atoms with van der Waals surface area (Å²) in [4.78, 5) is 14.5. The number of carbonyl (C=O) groups is 1. The SMILES string of the molecule is Cc1ccccc1[C@H](C(=O)NCc1ccc(O)cc1)N(C)C.